The van der Waals surface area contributed by atoms with Gasteiger partial charge in [-0.1, -0.05) is 64.6 Å². The average molecular weight is 902 g/mol. The molecule has 354 valence electrons. The van der Waals surface area contributed by atoms with Crippen molar-refractivity contribution < 1.29 is 28.7 Å². The minimum atomic E-state index is -0.948. The molecule has 4 N–H and O–H groups in total. The lowest BCUT2D eigenvalue weighted by molar-refractivity contribution is -0.155. The number of ether oxygens (including phenoxy) is 2. The highest BCUT2D eigenvalue weighted by Gasteiger charge is 2.38. The maximum absolute atomic E-state index is 14.7. The molecule has 0 aliphatic carbocycles. The lowest BCUT2D eigenvalue weighted by Crippen LogP contribution is -2.61. The summed E-state index contributed by atoms with van der Waals surface area (Å²) in [6, 6.07) is 16.7. The van der Waals surface area contributed by atoms with Crippen molar-refractivity contribution in [3.8, 4) is 22.4 Å². The number of likely N-dealkylation sites (tertiary alicyclic amines) is 1. The van der Waals surface area contributed by atoms with Crippen LogP contribution >= 0.6 is 0 Å². The van der Waals surface area contributed by atoms with Crippen molar-refractivity contribution in [2.75, 3.05) is 33.4 Å². The van der Waals surface area contributed by atoms with Crippen LogP contribution in [-0.4, -0.2) is 94.6 Å². The summed E-state index contributed by atoms with van der Waals surface area (Å²) in [5.41, 5.74) is 17.6. The maximum atomic E-state index is 14.7. The molecule has 2 fully saturated rings. The molecular weight excluding hydrogens is 831 g/mol. The Balaban J connectivity index is 1.25. The number of methoxy groups -OCH3 is 1. The quantitative estimate of drug-likeness (QED) is 0.0964. The Hall–Kier alpha value is -5.37. The molecule has 3 amide bonds. The average Bonchev–Trinajstić information content (AvgIpc) is 3.62. The molecular formula is C53H71N7O6. The maximum Gasteiger partial charge on any atom is 0.324 e. The summed E-state index contributed by atoms with van der Waals surface area (Å²) >= 11 is 0. The van der Waals surface area contributed by atoms with Crippen LogP contribution in [-0.2, 0) is 48.0 Å². The van der Waals surface area contributed by atoms with Gasteiger partial charge in [-0.05, 0) is 123 Å². The molecule has 7 rings (SSSR count). The Morgan fingerprint density at radius 3 is 2.58 bits per heavy atom. The second kappa shape index (κ2) is 21.1. The van der Waals surface area contributed by atoms with Gasteiger partial charge in [-0.25, -0.2) is 5.43 Å². The zero-order chi connectivity index (χ0) is 47.3. The van der Waals surface area contributed by atoms with Gasteiger partial charge in [-0.2, -0.15) is 0 Å². The highest BCUT2D eigenvalue weighted by Crippen LogP contribution is 2.42. The molecule has 5 heterocycles. The second-order valence-corrected chi connectivity index (χ2v) is 19.9. The topological polar surface area (TPSA) is 161 Å². The monoisotopic (exact) mass is 902 g/mol. The molecule has 6 bridgehead atoms. The largest absolute Gasteiger partial charge is 0.464 e. The number of aryl methyl sites for hydroxylation is 1. The molecule has 0 spiro atoms. The van der Waals surface area contributed by atoms with Crippen LogP contribution in [0.25, 0.3) is 33.3 Å². The summed E-state index contributed by atoms with van der Waals surface area (Å²) in [5, 5.41) is 5.77. The fraction of sp³-hybridized carbons (Fsp3) is 0.528. The van der Waals surface area contributed by atoms with Crippen LogP contribution in [0.15, 0.2) is 73.4 Å². The number of fused-ring (bicyclic) bond motifs is 6. The van der Waals surface area contributed by atoms with Gasteiger partial charge >= 0.3 is 5.97 Å². The van der Waals surface area contributed by atoms with E-state index in [4.69, 9.17) is 20.2 Å². The van der Waals surface area contributed by atoms with Crippen molar-refractivity contribution in [3.05, 3.63) is 90.3 Å². The van der Waals surface area contributed by atoms with Gasteiger partial charge in [0.05, 0.1) is 30.0 Å². The number of rotatable bonds is 12. The zero-order valence-corrected chi connectivity index (χ0v) is 40.1. The third-order valence-electron chi connectivity index (χ3n) is 14.0. The van der Waals surface area contributed by atoms with E-state index in [9.17, 15) is 19.2 Å². The molecule has 2 aromatic heterocycles. The van der Waals surface area contributed by atoms with Crippen LogP contribution in [0.4, 0.5) is 0 Å². The SMILES string of the molecule is C=CC(=O)N1CCCC(CC[C@H](N)[C@H](C(=O)N[C@H]2Cc3cccc(c3)-c3ccc4c(c3)c(c(-c3cccnc3[C@H](C)OC)n4CC)CC(C)(C)COC(=O)[C@@H]3CCCN(N3)C2=O)C(C)C)C1. The summed E-state index contributed by atoms with van der Waals surface area (Å²) in [7, 11) is 1.70. The van der Waals surface area contributed by atoms with Crippen molar-refractivity contribution in [1.82, 2.24) is 30.2 Å². The smallest absolute Gasteiger partial charge is 0.324 e. The van der Waals surface area contributed by atoms with Crippen LogP contribution in [0.1, 0.15) is 103 Å². The fourth-order valence-electron chi connectivity index (χ4n) is 10.5. The first-order valence-corrected chi connectivity index (χ1v) is 24.1. The Bertz CT molecular complexity index is 2410. The molecule has 2 saturated heterocycles. The predicted octanol–water partition coefficient (Wildman–Crippen LogP) is 7.55. The van der Waals surface area contributed by atoms with Gasteiger partial charge in [0.2, 0.25) is 11.8 Å². The number of cyclic esters (lactones) is 1. The number of amides is 3. The van der Waals surface area contributed by atoms with Crippen LogP contribution in [0, 0.1) is 23.2 Å². The third-order valence-corrected chi connectivity index (χ3v) is 14.0. The summed E-state index contributed by atoms with van der Waals surface area (Å²) in [6.07, 6.45) is 8.17. The van der Waals surface area contributed by atoms with E-state index >= 15 is 0 Å². The number of benzene rings is 2. The van der Waals surface area contributed by atoms with Crippen molar-refractivity contribution in [3.63, 3.8) is 0 Å². The molecule has 3 aliphatic rings. The molecule has 66 heavy (non-hydrogen) atoms. The molecule has 13 nitrogen and oxygen atoms in total. The van der Waals surface area contributed by atoms with Crippen molar-refractivity contribution in [2.24, 2.45) is 28.9 Å². The number of nitrogens with one attached hydrogen (secondary N) is 2. The van der Waals surface area contributed by atoms with Crippen LogP contribution in [0.2, 0.25) is 0 Å². The summed E-state index contributed by atoms with van der Waals surface area (Å²) < 4.78 is 14.3. The van der Waals surface area contributed by atoms with Gasteiger partial charge in [0.25, 0.3) is 5.91 Å². The zero-order valence-electron chi connectivity index (χ0n) is 40.1. The number of hydrogen-bond acceptors (Lipinski definition) is 9. The minimum absolute atomic E-state index is 0.0572. The number of hydrazine groups is 1. The first kappa shape index (κ1) is 48.6. The summed E-state index contributed by atoms with van der Waals surface area (Å²) in [6.45, 7) is 18.7. The number of aromatic nitrogens is 2. The lowest BCUT2D eigenvalue weighted by Gasteiger charge is -2.36. The molecule has 0 radical (unpaired) electrons. The molecule has 6 atom stereocenters. The van der Waals surface area contributed by atoms with Gasteiger partial charge in [0.1, 0.15) is 12.1 Å². The molecule has 1 unspecified atom stereocenters. The number of pyridine rings is 1. The molecule has 4 aromatic rings. The van der Waals surface area contributed by atoms with Crippen molar-refractivity contribution in [1.29, 1.82) is 0 Å². The van der Waals surface area contributed by atoms with Crippen molar-refractivity contribution >= 4 is 34.6 Å². The van der Waals surface area contributed by atoms with E-state index in [1.165, 1.54) is 11.1 Å². The highest BCUT2D eigenvalue weighted by molar-refractivity contribution is 5.95. The summed E-state index contributed by atoms with van der Waals surface area (Å²) in [5.74, 6) is -1.45. The number of carbonyl (C=O) groups is 4. The van der Waals surface area contributed by atoms with Gasteiger partial charge in [0.15, 0.2) is 0 Å². The highest BCUT2D eigenvalue weighted by atomic mass is 16.5. The van der Waals surface area contributed by atoms with E-state index < -0.39 is 35.4 Å². The van der Waals surface area contributed by atoms with Gasteiger partial charge < -0.3 is 30.0 Å². The van der Waals surface area contributed by atoms with Crippen LogP contribution in [0.5, 0.6) is 0 Å². The minimum Gasteiger partial charge on any atom is -0.464 e. The standard InChI is InChI=1S/C53H71N7O6/c1-9-46(61)58-25-13-16-35(31-58)20-22-42(54)47(33(3)4)50(62)56-44-28-36-15-11-17-37(27-36)38-21-23-45-40(29-38)41(49(59(45)10-2)39-18-12-24-55-48(39)34(5)65-8)30-53(6,7)32-66-52(64)43-19-14-26-60(57-43)51(44)63/h9,11-12,15,17-18,21,23-24,27,29,33-35,42-44,47,57H,1,10,13-14,16,19-20,22,25-26,28,30-32,54H2,2-8H3,(H,56,62)/t34-,35?,42-,43-,44-,47+/m0/s1. The third kappa shape index (κ3) is 10.7. The Morgan fingerprint density at radius 1 is 1.06 bits per heavy atom. The number of nitrogens with zero attached hydrogens (tertiary/aromatic N) is 4. The van der Waals surface area contributed by atoms with E-state index in [1.807, 2.05) is 43.9 Å². The van der Waals surface area contributed by atoms with Crippen molar-refractivity contribution in [2.45, 2.75) is 124 Å². The lowest BCUT2D eigenvalue weighted by atomic mass is 9.82. The van der Waals surface area contributed by atoms with E-state index in [0.29, 0.717) is 38.8 Å². The predicted molar refractivity (Wildman–Crippen MR) is 259 cm³/mol. The number of esters is 1. The van der Waals surface area contributed by atoms with Crippen LogP contribution in [0.3, 0.4) is 0 Å². The summed E-state index contributed by atoms with van der Waals surface area (Å²) in [4.78, 5) is 62.2. The van der Waals surface area contributed by atoms with E-state index in [0.717, 1.165) is 82.5 Å². The van der Waals surface area contributed by atoms with E-state index in [-0.39, 0.29) is 48.7 Å². The second-order valence-electron chi connectivity index (χ2n) is 19.9. The van der Waals surface area contributed by atoms with Gasteiger partial charge in [-0.3, -0.25) is 29.2 Å². The fourth-order valence-corrected chi connectivity index (χ4v) is 10.5. The Kier molecular flexibility index (Phi) is 15.5. The molecule has 3 aliphatic heterocycles. The first-order chi connectivity index (χ1) is 31.6. The Morgan fingerprint density at radius 2 is 1.83 bits per heavy atom. The number of carbonyl (C=O) groups excluding carboxylic acids is 4. The number of piperidine rings is 1. The van der Waals surface area contributed by atoms with E-state index in [2.05, 4.69) is 79.1 Å². The molecule has 0 saturated carbocycles. The van der Waals surface area contributed by atoms with Gasteiger partial charge in [0, 0.05) is 73.8 Å². The molecule has 2 aromatic carbocycles. The van der Waals surface area contributed by atoms with Crippen LogP contribution < -0.4 is 16.5 Å². The van der Waals surface area contributed by atoms with E-state index in [1.54, 1.807) is 13.3 Å². The number of nitrogens with two attached hydrogens (primary N) is 1. The normalized spacial score (nSPS) is 21.7. The Labute approximate surface area is 390 Å². The van der Waals surface area contributed by atoms with Gasteiger partial charge in [-0.15, -0.1) is 0 Å². The first-order valence-electron chi connectivity index (χ1n) is 24.1. The number of hydrogen-bond donors (Lipinski definition) is 3. The molecule has 13 heteroatoms.